The third-order valence-corrected chi connectivity index (χ3v) is 5.13. The van der Waals surface area contributed by atoms with Crippen LogP contribution >= 0.6 is 12.2 Å². The Kier molecular flexibility index (Phi) is 5.13. The Hall–Kier alpha value is -1.09. The quantitative estimate of drug-likeness (QED) is 0.771. The maximum atomic E-state index is 5.45. The summed E-state index contributed by atoms with van der Waals surface area (Å²) >= 11 is 5.45. The van der Waals surface area contributed by atoms with Crippen LogP contribution in [-0.2, 0) is 0 Å². The second kappa shape index (κ2) is 7.26. The Morgan fingerprint density at radius 1 is 0.952 bits per heavy atom. The van der Waals surface area contributed by atoms with Crippen LogP contribution in [0.2, 0.25) is 0 Å². The largest absolute Gasteiger partial charge is 0.360 e. The number of anilines is 1. The van der Waals surface area contributed by atoms with Crippen LogP contribution in [0, 0.1) is 0 Å². The Bertz CT molecular complexity index is 474. The van der Waals surface area contributed by atoms with Gasteiger partial charge in [0.1, 0.15) is 0 Å². The molecule has 0 bridgehead atoms. The van der Waals surface area contributed by atoms with E-state index >= 15 is 0 Å². The number of benzene rings is 1. The lowest BCUT2D eigenvalue weighted by Crippen LogP contribution is -2.35. The van der Waals surface area contributed by atoms with Crippen molar-refractivity contribution in [1.29, 1.82) is 0 Å². The zero-order valence-electron chi connectivity index (χ0n) is 12.7. The second-order valence-electron chi connectivity index (χ2n) is 6.54. The Morgan fingerprint density at radius 3 is 2.43 bits per heavy atom. The van der Waals surface area contributed by atoms with Gasteiger partial charge in [-0.25, -0.2) is 0 Å². The average Bonchev–Trinajstić information content (AvgIpc) is 3.01. The predicted octanol–water partition coefficient (Wildman–Crippen LogP) is 4.96. The molecule has 0 unspecified atom stereocenters. The van der Waals surface area contributed by atoms with Crippen molar-refractivity contribution in [3.05, 3.63) is 29.8 Å². The van der Waals surface area contributed by atoms with Gasteiger partial charge in [0, 0.05) is 11.7 Å². The first-order valence-electron chi connectivity index (χ1n) is 8.49. The van der Waals surface area contributed by atoms with E-state index in [9.17, 15) is 0 Å². The Labute approximate surface area is 133 Å². The molecule has 0 heterocycles. The summed E-state index contributed by atoms with van der Waals surface area (Å²) in [7, 11) is 0. The first-order valence-corrected chi connectivity index (χ1v) is 8.89. The average molecular weight is 302 g/mol. The molecule has 3 rings (SSSR count). The predicted molar refractivity (Wildman–Crippen MR) is 93.9 cm³/mol. The highest BCUT2D eigenvalue weighted by molar-refractivity contribution is 7.80. The second-order valence-corrected chi connectivity index (χ2v) is 6.95. The van der Waals surface area contributed by atoms with E-state index in [1.807, 2.05) is 0 Å². The molecule has 1 aromatic rings. The van der Waals surface area contributed by atoms with Crippen molar-refractivity contribution in [3.8, 4) is 0 Å². The van der Waals surface area contributed by atoms with Crippen LogP contribution in [0.3, 0.4) is 0 Å². The van der Waals surface area contributed by atoms with Crippen molar-refractivity contribution in [3.63, 3.8) is 0 Å². The van der Waals surface area contributed by atoms with Gasteiger partial charge in [-0.2, -0.15) is 0 Å². The highest BCUT2D eigenvalue weighted by Crippen LogP contribution is 2.33. The Morgan fingerprint density at radius 2 is 1.67 bits per heavy atom. The van der Waals surface area contributed by atoms with Crippen LogP contribution in [0.15, 0.2) is 24.3 Å². The van der Waals surface area contributed by atoms with Crippen molar-refractivity contribution in [2.45, 2.75) is 69.7 Å². The SMILES string of the molecule is S=C(Nc1cccc(C2CCCCC2)c1)NC1CCCC1. The van der Waals surface area contributed by atoms with E-state index in [0.29, 0.717) is 6.04 Å². The fraction of sp³-hybridized carbons (Fsp3) is 0.611. The lowest BCUT2D eigenvalue weighted by molar-refractivity contribution is 0.444. The van der Waals surface area contributed by atoms with E-state index in [1.165, 1.54) is 63.4 Å². The standard InChI is InChI=1S/C18H26N2S/c21-18(19-16-10-4-5-11-16)20-17-12-6-9-15(13-17)14-7-2-1-3-8-14/h6,9,12-14,16H,1-5,7-8,10-11H2,(H2,19,20,21). The molecule has 21 heavy (non-hydrogen) atoms. The molecule has 3 heteroatoms. The monoisotopic (exact) mass is 302 g/mol. The topological polar surface area (TPSA) is 24.1 Å². The molecular weight excluding hydrogens is 276 g/mol. The molecular formula is C18H26N2S. The molecule has 1 aromatic carbocycles. The summed E-state index contributed by atoms with van der Waals surface area (Å²) in [5, 5.41) is 7.60. The third kappa shape index (κ3) is 4.19. The molecule has 0 spiro atoms. The van der Waals surface area contributed by atoms with Crippen LogP contribution in [0.25, 0.3) is 0 Å². The number of hydrogen-bond acceptors (Lipinski definition) is 1. The minimum Gasteiger partial charge on any atom is -0.360 e. The molecule has 2 N–H and O–H groups in total. The summed E-state index contributed by atoms with van der Waals surface area (Å²) in [4.78, 5) is 0. The van der Waals surface area contributed by atoms with Gasteiger partial charge in [-0.15, -0.1) is 0 Å². The van der Waals surface area contributed by atoms with Crippen LogP contribution in [0.4, 0.5) is 5.69 Å². The van der Waals surface area contributed by atoms with Crippen molar-refractivity contribution < 1.29 is 0 Å². The van der Waals surface area contributed by atoms with E-state index < -0.39 is 0 Å². The van der Waals surface area contributed by atoms with Crippen LogP contribution in [0.5, 0.6) is 0 Å². The molecule has 0 radical (unpaired) electrons. The first-order chi connectivity index (χ1) is 10.3. The highest BCUT2D eigenvalue weighted by atomic mass is 32.1. The maximum Gasteiger partial charge on any atom is 0.170 e. The molecule has 0 amide bonds. The molecule has 114 valence electrons. The summed E-state index contributed by atoms with van der Waals surface area (Å²) in [6, 6.07) is 9.42. The van der Waals surface area contributed by atoms with E-state index in [1.54, 1.807) is 0 Å². The van der Waals surface area contributed by atoms with Crippen LogP contribution < -0.4 is 10.6 Å². The van der Waals surface area contributed by atoms with Crippen molar-refractivity contribution in [1.82, 2.24) is 5.32 Å². The zero-order chi connectivity index (χ0) is 14.5. The lowest BCUT2D eigenvalue weighted by atomic mass is 9.84. The van der Waals surface area contributed by atoms with E-state index in [4.69, 9.17) is 12.2 Å². The summed E-state index contributed by atoms with van der Waals surface area (Å²) in [5.74, 6) is 0.747. The minimum atomic E-state index is 0.575. The molecule has 2 fully saturated rings. The summed E-state index contributed by atoms with van der Waals surface area (Å²) in [6.45, 7) is 0. The van der Waals surface area contributed by atoms with Crippen LogP contribution in [-0.4, -0.2) is 11.2 Å². The van der Waals surface area contributed by atoms with Gasteiger partial charge in [0.25, 0.3) is 0 Å². The van der Waals surface area contributed by atoms with Crippen molar-refractivity contribution >= 4 is 23.0 Å². The van der Waals surface area contributed by atoms with Gasteiger partial charge in [-0.1, -0.05) is 44.2 Å². The normalized spacial score (nSPS) is 20.4. The third-order valence-electron chi connectivity index (χ3n) is 4.91. The van der Waals surface area contributed by atoms with E-state index in [2.05, 4.69) is 34.9 Å². The summed E-state index contributed by atoms with van der Waals surface area (Å²) < 4.78 is 0. The molecule has 0 aliphatic heterocycles. The maximum absolute atomic E-state index is 5.45. The summed E-state index contributed by atoms with van der Waals surface area (Å²) in [5.41, 5.74) is 2.61. The fourth-order valence-electron chi connectivity index (χ4n) is 3.73. The molecule has 2 saturated carbocycles. The Balaban J connectivity index is 1.58. The molecule has 2 aliphatic carbocycles. The molecule has 2 nitrogen and oxygen atoms in total. The van der Waals surface area contributed by atoms with Gasteiger partial charge in [-0.3, -0.25) is 0 Å². The van der Waals surface area contributed by atoms with Gasteiger partial charge >= 0.3 is 0 Å². The lowest BCUT2D eigenvalue weighted by Gasteiger charge is -2.23. The highest BCUT2D eigenvalue weighted by Gasteiger charge is 2.17. The molecule has 2 aliphatic rings. The van der Waals surface area contributed by atoms with E-state index in [-0.39, 0.29) is 0 Å². The van der Waals surface area contributed by atoms with Gasteiger partial charge in [-0.05, 0) is 61.5 Å². The summed E-state index contributed by atoms with van der Waals surface area (Å²) in [6.07, 6.45) is 12.0. The molecule has 0 aromatic heterocycles. The number of hydrogen-bond donors (Lipinski definition) is 2. The molecule has 0 saturated heterocycles. The number of rotatable bonds is 3. The van der Waals surface area contributed by atoms with E-state index in [0.717, 1.165) is 16.7 Å². The van der Waals surface area contributed by atoms with Gasteiger partial charge in [0.2, 0.25) is 0 Å². The molecule has 0 atom stereocenters. The van der Waals surface area contributed by atoms with Gasteiger partial charge < -0.3 is 10.6 Å². The number of nitrogens with one attached hydrogen (secondary N) is 2. The fourth-order valence-corrected chi connectivity index (χ4v) is 4.01. The van der Waals surface area contributed by atoms with Gasteiger partial charge in [0.15, 0.2) is 5.11 Å². The van der Waals surface area contributed by atoms with Gasteiger partial charge in [0.05, 0.1) is 0 Å². The van der Waals surface area contributed by atoms with Crippen molar-refractivity contribution in [2.75, 3.05) is 5.32 Å². The smallest absolute Gasteiger partial charge is 0.170 e. The van der Waals surface area contributed by atoms with Crippen LogP contribution in [0.1, 0.15) is 69.3 Å². The number of thiocarbonyl (C=S) groups is 1. The van der Waals surface area contributed by atoms with Crippen molar-refractivity contribution in [2.24, 2.45) is 0 Å². The minimum absolute atomic E-state index is 0.575. The zero-order valence-corrected chi connectivity index (χ0v) is 13.6. The first kappa shape index (κ1) is 14.8.